The molecule has 0 saturated carbocycles. The number of rotatable bonds is 6. The molecule has 0 spiro atoms. The third kappa shape index (κ3) is 3.73. The fraction of sp³-hybridized carbons (Fsp3) is 0.538. The SMILES string of the molecule is CCC(CC)CNc1cc([N+](=O)[O-])ccc1C. The maximum absolute atomic E-state index is 10.7. The van der Waals surface area contributed by atoms with Crippen LogP contribution in [0.15, 0.2) is 18.2 Å². The molecule has 1 rings (SSSR count). The van der Waals surface area contributed by atoms with E-state index in [4.69, 9.17) is 0 Å². The molecular formula is C13H20N2O2. The van der Waals surface area contributed by atoms with Crippen LogP contribution in [0.4, 0.5) is 11.4 Å². The Morgan fingerprint density at radius 1 is 1.35 bits per heavy atom. The van der Waals surface area contributed by atoms with Gasteiger partial charge in [0.15, 0.2) is 0 Å². The number of nitro groups is 1. The van der Waals surface area contributed by atoms with Gasteiger partial charge in [0.1, 0.15) is 0 Å². The van der Waals surface area contributed by atoms with Crippen molar-refractivity contribution in [1.29, 1.82) is 0 Å². The Kier molecular flexibility index (Phi) is 4.94. The molecule has 1 aromatic rings. The van der Waals surface area contributed by atoms with Crippen LogP contribution in [0.3, 0.4) is 0 Å². The number of nitrogens with zero attached hydrogens (tertiary/aromatic N) is 1. The van der Waals surface area contributed by atoms with Gasteiger partial charge < -0.3 is 5.32 Å². The molecule has 0 unspecified atom stereocenters. The number of benzene rings is 1. The molecule has 0 aliphatic rings. The van der Waals surface area contributed by atoms with Crippen LogP contribution >= 0.6 is 0 Å². The van der Waals surface area contributed by atoms with Gasteiger partial charge in [0.25, 0.3) is 5.69 Å². The van der Waals surface area contributed by atoms with Crippen molar-refractivity contribution < 1.29 is 4.92 Å². The summed E-state index contributed by atoms with van der Waals surface area (Å²) in [6.45, 7) is 7.15. The van der Waals surface area contributed by atoms with E-state index in [1.54, 1.807) is 12.1 Å². The van der Waals surface area contributed by atoms with Gasteiger partial charge in [0, 0.05) is 24.4 Å². The molecule has 4 heteroatoms. The minimum absolute atomic E-state index is 0.141. The Balaban J connectivity index is 2.75. The summed E-state index contributed by atoms with van der Waals surface area (Å²) in [5, 5.41) is 14.0. The fourth-order valence-electron chi connectivity index (χ4n) is 1.75. The molecule has 0 bridgehead atoms. The summed E-state index contributed by atoms with van der Waals surface area (Å²) >= 11 is 0. The number of nitro benzene ring substituents is 1. The van der Waals surface area contributed by atoms with E-state index in [-0.39, 0.29) is 10.6 Å². The van der Waals surface area contributed by atoms with Crippen LogP contribution in [-0.2, 0) is 0 Å². The van der Waals surface area contributed by atoms with Crippen molar-refractivity contribution in [3.63, 3.8) is 0 Å². The molecule has 17 heavy (non-hydrogen) atoms. The van der Waals surface area contributed by atoms with Crippen LogP contribution < -0.4 is 5.32 Å². The maximum atomic E-state index is 10.7. The Hall–Kier alpha value is -1.58. The zero-order valence-corrected chi connectivity index (χ0v) is 10.7. The van der Waals surface area contributed by atoms with Gasteiger partial charge in [-0.05, 0) is 18.4 Å². The van der Waals surface area contributed by atoms with Crippen LogP contribution in [0.1, 0.15) is 32.3 Å². The molecule has 0 aromatic heterocycles. The average molecular weight is 236 g/mol. The predicted molar refractivity (Wildman–Crippen MR) is 70.4 cm³/mol. The molecule has 1 N–H and O–H groups in total. The van der Waals surface area contributed by atoms with Gasteiger partial charge in [-0.25, -0.2) is 0 Å². The van der Waals surface area contributed by atoms with Gasteiger partial charge in [0.05, 0.1) is 4.92 Å². The van der Waals surface area contributed by atoms with Crippen molar-refractivity contribution >= 4 is 11.4 Å². The number of non-ortho nitro benzene ring substituents is 1. The Morgan fingerprint density at radius 3 is 2.53 bits per heavy atom. The van der Waals surface area contributed by atoms with Crippen molar-refractivity contribution in [2.75, 3.05) is 11.9 Å². The molecule has 94 valence electrons. The van der Waals surface area contributed by atoms with E-state index in [1.165, 1.54) is 6.07 Å². The smallest absolute Gasteiger partial charge is 0.271 e. The van der Waals surface area contributed by atoms with E-state index in [1.807, 2.05) is 6.92 Å². The highest BCUT2D eigenvalue weighted by Gasteiger charge is 2.09. The summed E-state index contributed by atoms with van der Waals surface area (Å²) in [6, 6.07) is 4.93. The lowest BCUT2D eigenvalue weighted by Gasteiger charge is -2.15. The number of hydrogen-bond donors (Lipinski definition) is 1. The number of nitrogens with one attached hydrogen (secondary N) is 1. The predicted octanol–water partition coefficient (Wildman–Crippen LogP) is 3.75. The van der Waals surface area contributed by atoms with E-state index in [0.29, 0.717) is 5.92 Å². The van der Waals surface area contributed by atoms with Gasteiger partial charge in [-0.15, -0.1) is 0 Å². The molecule has 0 aliphatic heterocycles. The third-order valence-corrected chi connectivity index (χ3v) is 3.17. The normalized spacial score (nSPS) is 10.6. The van der Waals surface area contributed by atoms with Crippen molar-refractivity contribution in [2.24, 2.45) is 5.92 Å². The summed E-state index contributed by atoms with van der Waals surface area (Å²) in [6.07, 6.45) is 2.24. The van der Waals surface area contributed by atoms with E-state index in [0.717, 1.165) is 30.6 Å². The summed E-state index contributed by atoms with van der Waals surface area (Å²) in [5.74, 6) is 0.619. The molecule has 1 aromatic carbocycles. The first-order chi connectivity index (χ1) is 8.08. The second kappa shape index (κ2) is 6.23. The first kappa shape index (κ1) is 13.5. The number of hydrogen-bond acceptors (Lipinski definition) is 3. The third-order valence-electron chi connectivity index (χ3n) is 3.17. The highest BCUT2D eigenvalue weighted by atomic mass is 16.6. The first-order valence-corrected chi connectivity index (χ1v) is 6.07. The van der Waals surface area contributed by atoms with Gasteiger partial charge in [-0.1, -0.05) is 32.8 Å². The van der Waals surface area contributed by atoms with Crippen LogP contribution in [0.2, 0.25) is 0 Å². The summed E-state index contributed by atoms with van der Waals surface area (Å²) in [4.78, 5) is 10.3. The quantitative estimate of drug-likeness (QED) is 0.604. The largest absolute Gasteiger partial charge is 0.384 e. The van der Waals surface area contributed by atoms with E-state index >= 15 is 0 Å². The highest BCUT2D eigenvalue weighted by Crippen LogP contribution is 2.22. The van der Waals surface area contributed by atoms with Gasteiger partial charge in [-0.2, -0.15) is 0 Å². The Morgan fingerprint density at radius 2 is 2.00 bits per heavy atom. The fourth-order valence-corrected chi connectivity index (χ4v) is 1.75. The van der Waals surface area contributed by atoms with Crippen LogP contribution in [-0.4, -0.2) is 11.5 Å². The van der Waals surface area contributed by atoms with Crippen LogP contribution in [0.25, 0.3) is 0 Å². The average Bonchev–Trinajstić information content (AvgIpc) is 2.32. The minimum Gasteiger partial charge on any atom is -0.384 e. The summed E-state index contributed by atoms with van der Waals surface area (Å²) in [5.41, 5.74) is 2.05. The van der Waals surface area contributed by atoms with Gasteiger partial charge in [-0.3, -0.25) is 10.1 Å². The molecule has 0 atom stereocenters. The van der Waals surface area contributed by atoms with Crippen molar-refractivity contribution in [3.8, 4) is 0 Å². The van der Waals surface area contributed by atoms with E-state index < -0.39 is 0 Å². The molecule has 0 radical (unpaired) electrons. The molecule has 0 saturated heterocycles. The minimum atomic E-state index is -0.359. The second-order valence-electron chi connectivity index (χ2n) is 4.32. The molecule has 0 heterocycles. The summed E-state index contributed by atoms with van der Waals surface area (Å²) < 4.78 is 0. The van der Waals surface area contributed by atoms with Gasteiger partial charge in [0.2, 0.25) is 0 Å². The zero-order chi connectivity index (χ0) is 12.8. The van der Waals surface area contributed by atoms with Crippen molar-refractivity contribution in [3.05, 3.63) is 33.9 Å². The van der Waals surface area contributed by atoms with Crippen LogP contribution in [0, 0.1) is 23.0 Å². The zero-order valence-electron chi connectivity index (χ0n) is 10.7. The molecule has 0 amide bonds. The van der Waals surface area contributed by atoms with Crippen molar-refractivity contribution in [2.45, 2.75) is 33.6 Å². The molecule has 0 fully saturated rings. The number of anilines is 1. The topological polar surface area (TPSA) is 55.2 Å². The lowest BCUT2D eigenvalue weighted by Crippen LogP contribution is -2.13. The first-order valence-electron chi connectivity index (χ1n) is 6.07. The summed E-state index contributed by atoms with van der Waals surface area (Å²) in [7, 11) is 0. The highest BCUT2D eigenvalue weighted by molar-refractivity contribution is 5.56. The standard InChI is InChI=1S/C13H20N2O2/c1-4-11(5-2)9-14-13-8-12(15(16)17)7-6-10(13)3/h6-8,11,14H,4-5,9H2,1-3H3. The lowest BCUT2D eigenvalue weighted by atomic mass is 10.0. The van der Waals surface area contributed by atoms with Gasteiger partial charge >= 0.3 is 0 Å². The van der Waals surface area contributed by atoms with E-state index in [2.05, 4.69) is 19.2 Å². The molecule has 4 nitrogen and oxygen atoms in total. The monoisotopic (exact) mass is 236 g/mol. The van der Waals surface area contributed by atoms with E-state index in [9.17, 15) is 10.1 Å². The molecule has 0 aliphatic carbocycles. The number of aryl methyl sites for hydroxylation is 1. The van der Waals surface area contributed by atoms with Crippen LogP contribution in [0.5, 0.6) is 0 Å². The Bertz CT molecular complexity index is 387. The lowest BCUT2D eigenvalue weighted by molar-refractivity contribution is -0.384. The maximum Gasteiger partial charge on any atom is 0.271 e. The Labute approximate surface area is 102 Å². The van der Waals surface area contributed by atoms with Crippen molar-refractivity contribution in [1.82, 2.24) is 0 Å². The second-order valence-corrected chi connectivity index (χ2v) is 4.32. The molecular weight excluding hydrogens is 216 g/mol.